The fraction of sp³-hybridized carbons (Fsp3) is 0.500. The first-order valence-corrected chi connectivity index (χ1v) is 7.21. The predicted octanol–water partition coefficient (Wildman–Crippen LogP) is 0.314. The van der Waals surface area contributed by atoms with Crippen molar-refractivity contribution < 1.29 is 19.0 Å². The van der Waals surface area contributed by atoms with Crippen molar-refractivity contribution in [3.8, 4) is 0 Å². The fourth-order valence-corrected chi connectivity index (χ4v) is 2.54. The predicted molar refractivity (Wildman–Crippen MR) is 70.2 cm³/mol. The van der Waals surface area contributed by atoms with Gasteiger partial charge in [0.15, 0.2) is 11.5 Å². The molecule has 0 bridgehead atoms. The fourth-order valence-electron chi connectivity index (χ4n) is 2.24. The first-order chi connectivity index (χ1) is 9.65. The summed E-state index contributed by atoms with van der Waals surface area (Å²) in [4.78, 5) is 29.7. The van der Waals surface area contributed by atoms with Crippen molar-refractivity contribution in [1.29, 1.82) is 0 Å². The van der Waals surface area contributed by atoms with E-state index in [1.54, 1.807) is 10.9 Å². The molecule has 0 amide bonds. The van der Waals surface area contributed by atoms with E-state index in [-0.39, 0.29) is 18.9 Å². The van der Waals surface area contributed by atoms with Crippen molar-refractivity contribution in [3.63, 3.8) is 0 Å². The number of hydrogen-bond donors (Lipinski definition) is 3. The third-order valence-electron chi connectivity index (χ3n) is 3.16. The van der Waals surface area contributed by atoms with Crippen LogP contribution in [-0.2, 0) is 9.26 Å². The van der Waals surface area contributed by atoms with Gasteiger partial charge in [0.2, 0.25) is 0 Å². The van der Waals surface area contributed by atoms with Gasteiger partial charge in [0.05, 0.1) is 19.0 Å². The molecule has 0 unspecified atom stereocenters. The van der Waals surface area contributed by atoms with E-state index in [1.807, 2.05) is 0 Å². The van der Waals surface area contributed by atoms with E-state index in [9.17, 15) is 0 Å². The first-order valence-electron chi connectivity index (χ1n) is 6.04. The Labute approximate surface area is 115 Å². The van der Waals surface area contributed by atoms with E-state index in [1.165, 1.54) is 6.33 Å². The highest BCUT2D eigenvalue weighted by atomic mass is 31.2. The molecular formula is C10H14N5O4P. The average Bonchev–Trinajstić information content (AvgIpc) is 3.02. The van der Waals surface area contributed by atoms with Crippen LogP contribution < -0.4 is 5.73 Å². The second kappa shape index (κ2) is 5.55. The highest BCUT2D eigenvalue weighted by Crippen LogP contribution is 2.33. The van der Waals surface area contributed by atoms with Gasteiger partial charge in [-0.1, -0.05) is 0 Å². The molecule has 2 aromatic heterocycles. The second-order valence-corrected chi connectivity index (χ2v) is 5.19. The lowest BCUT2D eigenvalue weighted by Crippen LogP contribution is -2.15. The van der Waals surface area contributed by atoms with Gasteiger partial charge in [0.1, 0.15) is 18.1 Å². The van der Waals surface area contributed by atoms with Gasteiger partial charge in [-0.25, -0.2) is 15.0 Å². The highest BCUT2D eigenvalue weighted by molar-refractivity contribution is 7.39. The van der Waals surface area contributed by atoms with Gasteiger partial charge in [0.25, 0.3) is 0 Å². The molecule has 0 spiro atoms. The molecule has 3 rings (SSSR count). The molecule has 0 aliphatic carbocycles. The highest BCUT2D eigenvalue weighted by Gasteiger charge is 2.28. The van der Waals surface area contributed by atoms with Crippen LogP contribution in [0, 0.1) is 0 Å². The molecular weight excluding hydrogens is 285 g/mol. The minimum Gasteiger partial charge on any atom is -0.382 e. The lowest BCUT2D eigenvalue weighted by atomic mass is 10.2. The summed E-state index contributed by atoms with van der Waals surface area (Å²) in [5, 5.41) is 0. The normalized spacial score (nSPS) is 22.9. The molecule has 0 saturated carbocycles. The number of anilines is 1. The topological polar surface area (TPSA) is 129 Å². The number of hydrogen-bond acceptors (Lipinski definition) is 8. The van der Waals surface area contributed by atoms with Crippen LogP contribution in [0.1, 0.15) is 19.1 Å². The molecule has 1 saturated heterocycles. The van der Waals surface area contributed by atoms with Crippen LogP contribution in [0.25, 0.3) is 11.2 Å². The summed E-state index contributed by atoms with van der Waals surface area (Å²) in [6.07, 6.45) is 4.13. The first kappa shape index (κ1) is 13.6. The summed E-state index contributed by atoms with van der Waals surface area (Å²) in [6.45, 7) is 0.152. The summed E-state index contributed by atoms with van der Waals surface area (Å²) in [6, 6.07) is 0. The summed E-state index contributed by atoms with van der Waals surface area (Å²) >= 11 is 0. The smallest absolute Gasteiger partial charge is 0.327 e. The summed E-state index contributed by atoms with van der Waals surface area (Å²) < 4.78 is 12.4. The SMILES string of the molecule is Nc1ncnc2c1ncn2[C@H]1CC[C@@H](COP(O)O)O1. The molecule has 10 heteroatoms. The minimum atomic E-state index is -2.34. The Balaban J connectivity index is 1.75. The number of imidazole rings is 1. The Morgan fingerprint density at radius 3 is 3.05 bits per heavy atom. The molecule has 1 fully saturated rings. The molecule has 20 heavy (non-hydrogen) atoms. The Morgan fingerprint density at radius 1 is 1.40 bits per heavy atom. The van der Waals surface area contributed by atoms with Gasteiger partial charge in [-0.15, -0.1) is 0 Å². The van der Waals surface area contributed by atoms with Crippen LogP contribution in [0.15, 0.2) is 12.7 Å². The van der Waals surface area contributed by atoms with Crippen LogP contribution in [0.3, 0.4) is 0 Å². The number of rotatable bonds is 4. The molecule has 0 radical (unpaired) electrons. The summed E-state index contributed by atoms with van der Waals surface area (Å²) in [5.41, 5.74) is 6.90. The number of fused-ring (bicyclic) bond motifs is 1. The van der Waals surface area contributed by atoms with Crippen molar-refractivity contribution in [2.75, 3.05) is 12.3 Å². The van der Waals surface area contributed by atoms with Crippen LogP contribution in [0.5, 0.6) is 0 Å². The van der Waals surface area contributed by atoms with Crippen molar-refractivity contribution in [2.24, 2.45) is 0 Å². The maximum Gasteiger partial charge on any atom is 0.327 e. The summed E-state index contributed by atoms with van der Waals surface area (Å²) in [5.74, 6) is 0.331. The van der Waals surface area contributed by atoms with Crippen molar-refractivity contribution in [1.82, 2.24) is 19.5 Å². The molecule has 0 aromatic carbocycles. The van der Waals surface area contributed by atoms with Crippen LogP contribution in [-0.4, -0.2) is 42.0 Å². The van der Waals surface area contributed by atoms with Crippen LogP contribution >= 0.6 is 8.60 Å². The Hall–Kier alpha value is -1.38. The maximum absolute atomic E-state index is 8.73. The van der Waals surface area contributed by atoms with E-state index in [0.717, 1.165) is 12.8 Å². The number of nitrogens with two attached hydrogens (primary N) is 1. The zero-order valence-electron chi connectivity index (χ0n) is 10.5. The van der Waals surface area contributed by atoms with Gasteiger partial charge in [0, 0.05) is 0 Å². The molecule has 1 aliphatic heterocycles. The van der Waals surface area contributed by atoms with Crippen LogP contribution in [0.2, 0.25) is 0 Å². The number of aromatic nitrogens is 4. The van der Waals surface area contributed by atoms with Gasteiger partial charge in [-0.05, 0) is 12.8 Å². The zero-order valence-corrected chi connectivity index (χ0v) is 11.3. The average molecular weight is 299 g/mol. The molecule has 1 aliphatic rings. The third-order valence-corrected chi connectivity index (χ3v) is 3.54. The van der Waals surface area contributed by atoms with E-state index in [2.05, 4.69) is 15.0 Å². The molecule has 108 valence electrons. The van der Waals surface area contributed by atoms with Crippen molar-refractivity contribution in [3.05, 3.63) is 12.7 Å². The maximum atomic E-state index is 8.73. The standard InChI is InChI=1S/C10H14N5O4P/c11-9-8-10(13-4-12-9)15(5-14-8)7-2-1-6(19-7)3-18-20(16)17/h4-7,16-17H,1-3H2,(H2,11,12,13)/t6-,7+/m0/s1. The Morgan fingerprint density at radius 2 is 2.25 bits per heavy atom. The molecule has 4 N–H and O–H groups in total. The van der Waals surface area contributed by atoms with Crippen LogP contribution in [0.4, 0.5) is 5.82 Å². The van der Waals surface area contributed by atoms with E-state index in [0.29, 0.717) is 17.0 Å². The lowest BCUT2D eigenvalue weighted by Gasteiger charge is -2.15. The number of ether oxygens (including phenoxy) is 1. The summed E-state index contributed by atoms with van der Waals surface area (Å²) in [7, 11) is -2.34. The molecule has 2 aromatic rings. The van der Waals surface area contributed by atoms with E-state index < -0.39 is 8.60 Å². The van der Waals surface area contributed by atoms with Crippen molar-refractivity contribution >= 4 is 25.6 Å². The molecule has 3 heterocycles. The Bertz CT molecular complexity index is 606. The molecule has 2 atom stereocenters. The minimum absolute atomic E-state index is 0.152. The van der Waals surface area contributed by atoms with Crippen molar-refractivity contribution in [2.45, 2.75) is 25.2 Å². The Kier molecular flexibility index (Phi) is 3.77. The second-order valence-electron chi connectivity index (χ2n) is 4.42. The van der Waals surface area contributed by atoms with Gasteiger partial charge in [-0.3, -0.25) is 4.57 Å². The van der Waals surface area contributed by atoms with Gasteiger partial charge >= 0.3 is 8.60 Å². The van der Waals surface area contributed by atoms with E-state index in [4.69, 9.17) is 24.8 Å². The zero-order chi connectivity index (χ0) is 14.1. The third kappa shape index (κ3) is 2.58. The van der Waals surface area contributed by atoms with E-state index >= 15 is 0 Å². The van der Waals surface area contributed by atoms with Gasteiger partial charge < -0.3 is 24.8 Å². The lowest BCUT2D eigenvalue weighted by molar-refractivity contribution is -0.0176. The molecule has 9 nitrogen and oxygen atoms in total. The largest absolute Gasteiger partial charge is 0.382 e. The number of nitrogens with zero attached hydrogens (tertiary/aromatic N) is 4. The quantitative estimate of drug-likeness (QED) is 0.688. The number of nitrogen functional groups attached to an aromatic ring is 1. The van der Waals surface area contributed by atoms with Gasteiger partial charge in [-0.2, -0.15) is 0 Å². The monoisotopic (exact) mass is 299 g/mol.